The zero-order chi connectivity index (χ0) is 28.9. The molecule has 0 radical (unpaired) electrons. The van der Waals surface area contributed by atoms with E-state index in [-0.39, 0.29) is 22.6 Å². The van der Waals surface area contributed by atoms with Crippen LogP contribution in [-0.4, -0.2) is 40.5 Å². The van der Waals surface area contributed by atoms with E-state index in [9.17, 15) is 18.0 Å². The van der Waals surface area contributed by atoms with Crippen molar-refractivity contribution in [2.24, 2.45) is 0 Å². The highest BCUT2D eigenvalue weighted by molar-refractivity contribution is 7.90. The minimum Gasteiger partial charge on any atom is -0.344 e. The second-order valence-corrected chi connectivity index (χ2v) is 10.9. The van der Waals surface area contributed by atoms with Crippen LogP contribution in [0.3, 0.4) is 0 Å². The van der Waals surface area contributed by atoms with Crippen LogP contribution in [0.5, 0.6) is 0 Å². The van der Waals surface area contributed by atoms with E-state index in [4.69, 9.17) is 6.42 Å². The third-order valence-corrected chi connectivity index (χ3v) is 7.92. The predicted octanol–water partition coefficient (Wildman–Crippen LogP) is 2.87. The summed E-state index contributed by atoms with van der Waals surface area (Å²) in [5.41, 5.74) is 2.96. The van der Waals surface area contributed by atoms with E-state index in [1.807, 2.05) is 36.4 Å². The highest BCUT2D eigenvalue weighted by Crippen LogP contribution is 2.37. The lowest BCUT2D eigenvalue weighted by Gasteiger charge is -2.23. The molecule has 204 valence electrons. The van der Waals surface area contributed by atoms with Gasteiger partial charge in [-0.25, -0.2) is 14.2 Å². The predicted molar refractivity (Wildman–Crippen MR) is 157 cm³/mol. The summed E-state index contributed by atoms with van der Waals surface area (Å²) >= 11 is 0. The smallest absolute Gasteiger partial charge is 0.300 e. The molecule has 3 aromatic heterocycles. The van der Waals surface area contributed by atoms with Gasteiger partial charge in [0.2, 0.25) is 0 Å². The summed E-state index contributed by atoms with van der Waals surface area (Å²) in [4.78, 5) is 32.2. The second kappa shape index (κ2) is 9.74. The van der Waals surface area contributed by atoms with E-state index in [2.05, 4.69) is 30.8 Å². The molecule has 0 unspecified atom stereocenters. The summed E-state index contributed by atoms with van der Waals surface area (Å²) < 4.78 is 31.9. The zero-order valence-electron chi connectivity index (χ0n) is 21.9. The fourth-order valence-corrected chi connectivity index (χ4v) is 5.64. The van der Waals surface area contributed by atoms with Crippen LogP contribution in [0.25, 0.3) is 34.3 Å². The van der Waals surface area contributed by atoms with Gasteiger partial charge in [-0.3, -0.25) is 18.9 Å². The van der Waals surface area contributed by atoms with Crippen LogP contribution in [0.2, 0.25) is 0 Å². The van der Waals surface area contributed by atoms with Gasteiger partial charge in [0.15, 0.2) is 11.5 Å². The average molecular weight is 566 g/mol. The second-order valence-electron chi connectivity index (χ2n) is 9.32. The minimum absolute atomic E-state index is 0.0760. The van der Waals surface area contributed by atoms with Crippen molar-refractivity contribution in [3.05, 3.63) is 99.2 Å². The lowest BCUT2D eigenvalue weighted by atomic mass is 9.97. The lowest BCUT2D eigenvalue weighted by molar-refractivity contribution is 0.0941. The van der Waals surface area contributed by atoms with Gasteiger partial charge < -0.3 is 5.32 Å². The number of nitrogens with zero attached hydrogens (tertiary/aromatic N) is 4. The van der Waals surface area contributed by atoms with E-state index >= 15 is 0 Å². The molecule has 11 nitrogen and oxygen atoms in total. The number of anilines is 1. The molecule has 0 aliphatic heterocycles. The Morgan fingerprint density at radius 3 is 2.59 bits per heavy atom. The van der Waals surface area contributed by atoms with Crippen molar-refractivity contribution in [3.63, 3.8) is 0 Å². The molecule has 0 saturated carbocycles. The maximum atomic E-state index is 14.1. The maximum Gasteiger partial charge on any atom is 0.300 e. The SMILES string of the molecule is C#Cc1ccc2c3c(c([C@@H](C)NC(=O)c4c(NS(=O)(=O)NC)nn5cccnc45)n(-c4ccccc4)c(=O)c13)C=C2. The summed E-state index contributed by atoms with van der Waals surface area (Å²) in [6.07, 6.45) is 12.6. The Bertz CT molecular complexity index is 2120. The molecule has 1 aliphatic carbocycles. The fourth-order valence-electron chi connectivity index (χ4n) is 5.14. The van der Waals surface area contributed by atoms with Crippen molar-refractivity contribution in [2.45, 2.75) is 13.0 Å². The number of para-hydroxylation sites is 1. The van der Waals surface area contributed by atoms with Gasteiger partial charge in [-0.1, -0.05) is 42.3 Å². The van der Waals surface area contributed by atoms with Crippen molar-refractivity contribution in [3.8, 4) is 18.0 Å². The highest BCUT2D eigenvalue weighted by atomic mass is 32.2. The minimum atomic E-state index is -3.99. The number of carbonyl (C=O) groups is 1. The third kappa shape index (κ3) is 4.24. The topological polar surface area (TPSA) is 139 Å². The summed E-state index contributed by atoms with van der Waals surface area (Å²) in [5, 5.41) is 8.29. The monoisotopic (exact) mass is 565 g/mol. The first kappa shape index (κ1) is 26.0. The molecule has 5 aromatic rings. The Morgan fingerprint density at radius 1 is 1.07 bits per heavy atom. The first-order valence-corrected chi connectivity index (χ1v) is 14.0. The van der Waals surface area contributed by atoms with Crippen LogP contribution >= 0.6 is 0 Å². The van der Waals surface area contributed by atoms with Gasteiger partial charge in [0.1, 0.15) is 5.56 Å². The van der Waals surface area contributed by atoms with Gasteiger partial charge >= 0.3 is 0 Å². The molecule has 0 spiro atoms. The Morgan fingerprint density at radius 2 is 1.85 bits per heavy atom. The number of fused-ring (bicyclic) bond motifs is 1. The molecule has 0 bridgehead atoms. The van der Waals surface area contributed by atoms with Gasteiger partial charge in [0.25, 0.3) is 21.7 Å². The van der Waals surface area contributed by atoms with E-state index in [1.54, 1.807) is 42.0 Å². The van der Waals surface area contributed by atoms with E-state index < -0.39 is 22.2 Å². The van der Waals surface area contributed by atoms with Crippen LogP contribution in [0.4, 0.5) is 5.82 Å². The number of terminal acetylenes is 1. The van der Waals surface area contributed by atoms with Gasteiger partial charge in [0.05, 0.1) is 17.1 Å². The van der Waals surface area contributed by atoms with Crippen molar-refractivity contribution in [2.75, 3.05) is 11.8 Å². The summed E-state index contributed by atoms with van der Waals surface area (Å²) in [7, 11) is -2.76. The molecule has 1 atom stereocenters. The molecule has 2 aromatic carbocycles. The first-order chi connectivity index (χ1) is 19.7. The van der Waals surface area contributed by atoms with Crippen molar-refractivity contribution >= 4 is 50.5 Å². The Hall–Kier alpha value is -5.25. The van der Waals surface area contributed by atoms with Gasteiger partial charge in [-0.05, 0) is 36.8 Å². The van der Waals surface area contributed by atoms with E-state index in [0.717, 1.165) is 11.1 Å². The first-order valence-electron chi connectivity index (χ1n) is 12.5. The molecular weight excluding hydrogens is 542 g/mol. The Balaban J connectivity index is 1.53. The largest absolute Gasteiger partial charge is 0.344 e. The van der Waals surface area contributed by atoms with Crippen molar-refractivity contribution in [1.29, 1.82) is 0 Å². The van der Waals surface area contributed by atoms with Crippen LogP contribution < -0.4 is 20.3 Å². The zero-order valence-corrected chi connectivity index (χ0v) is 22.7. The average Bonchev–Trinajstić information content (AvgIpc) is 3.56. The molecule has 6 rings (SSSR count). The number of nitrogens with one attached hydrogen (secondary N) is 3. The number of hydrogen-bond donors (Lipinski definition) is 3. The molecule has 1 amide bonds. The van der Waals surface area contributed by atoms with Gasteiger partial charge in [-0.2, -0.15) is 8.42 Å². The van der Waals surface area contributed by atoms with Gasteiger partial charge in [-0.15, -0.1) is 11.5 Å². The van der Waals surface area contributed by atoms with Crippen LogP contribution in [-0.2, 0) is 10.2 Å². The number of pyridine rings is 1. The molecule has 1 aliphatic rings. The molecule has 41 heavy (non-hydrogen) atoms. The number of aromatic nitrogens is 4. The fraction of sp³-hybridized carbons (Fsp3) is 0.103. The number of amides is 1. The molecule has 0 fully saturated rings. The molecule has 12 heteroatoms. The summed E-state index contributed by atoms with van der Waals surface area (Å²) in [5.74, 6) is 1.79. The Kier molecular flexibility index (Phi) is 6.18. The molecular formula is C29H23N7O4S. The van der Waals surface area contributed by atoms with E-state index in [1.165, 1.54) is 17.8 Å². The summed E-state index contributed by atoms with van der Waals surface area (Å²) in [6.45, 7) is 1.75. The molecule has 0 saturated heterocycles. The number of rotatable bonds is 7. The molecule has 3 N–H and O–H groups in total. The van der Waals surface area contributed by atoms with E-state index in [0.29, 0.717) is 27.7 Å². The van der Waals surface area contributed by atoms with Crippen molar-refractivity contribution in [1.82, 2.24) is 29.2 Å². The van der Waals surface area contributed by atoms with Crippen molar-refractivity contribution < 1.29 is 13.2 Å². The highest BCUT2D eigenvalue weighted by Gasteiger charge is 2.29. The van der Waals surface area contributed by atoms with Crippen LogP contribution in [0.1, 0.15) is 45.7 Å². The summed E-state index contributed by atoms with van der Waals surface area (Å²) in [6, 6.07) is 13.6. The number of carbonyl (C=O) groups excluding carboxylic acids is 1. The number of hydrogen-bond acceptors (Lipinski definition) is 6. The third-order valence-electron chi connectivity index (χ3n) is 6.92. The standard InChI is InChI=1S/C29H23N7O4S/c1-4-18-11-12-19-13-14-21-22(19)23(18)29(38)36(20-9-6-5-7-10-20)25(21)17(2)32-28(37)24-26(34-41(39,40)30-3)33-35-16-8-15-31-27(24)35/h1,5-17,30H,2-3H3,(H,32,37)(H,33,34)/t17-/m1/s1. The molecule has 3 heterocycles. The van der Waals surface area contributed by atoms with Gasteiger partial charge in [0, 0.05) is 41.6 Å². The lowest BCUT2D eigenvalue weighted by Crippen LogP contribution is -2.34. The maximum absolute atomic E-state index is 14.1. The quantitative estimate of drug-likeness (QED) is 0.255. The normalized spacial score (nSPS) is 12.9. The van der Waals surface area contributed by atoms with Crippen LogP contribution in [0, 0.1) is 12.3 Å². The Labute approximate surface area is 234 Å². The van der Waals surface area contributed by atoms with Crippen LogP contribution in [0.15, 0.2) is 65.7 Å². The number of benzene rings is 2.